The van der Waals surface area contributed by atoms with Crippen LogP contribution in [0.4, 0.5) is 0 Å². The van der Waals surface area contributed by atoms with Crippen LogP contribution in [0.15, 0.2) is 0 Å². The number of hydrogen-bond donors (Lipinski definition) is 4. The van der Waals surface area contributed by atoms with Gasteiger partial charge in [0.05, 0.1) is 41.4 Å². The average Bonchev–Trinajstić information content (AvgIpc) is 3.19. The first-order valence-electron chi connectivity index (χ1n) is 11.9. The molecule has 6 aliphatic rings. The Morgan fingerprint density at radius 2 is 1.78 bits per heavy atom. The van der Waals surface area contributed by atoms with E-state index < -0.39 is 57.7 Å². The average molecular weight is 474 g/mol. The summed E-state index contributed by atoms with van der Waals surface area (Å²) in [5, 5.41) is 48.5. The standard InChI is InChI=1S/C23H36ClNO7/c1-5-25-9-20(27)13(24)7-14(26)22-11-6-10-12(30-2)8-21(28,15(11)16(10)31-3)23(29,19(22)25)18(32-4)17(20)22/h10-19,26-29H,5-9H2,1-4H3/t10-,11-,12+,13+,14+,15-,16+,17-,18+,19+,20+,21-,22+,23+/m1/s1. The summed E-state index contributed by atoms with van der Waals surface area (Å²) >= 11 is 6.76. The van der Waals surface area contributed by atoms with Gasteiger partial charge >= 0.3 is 0 Å². The minimum absolute atomic E-state index is 0.0448. The van der Waals surface area contributed by atoms with Gasteiger partial charge in [-0.2, -0.15) is 0 Å². The largest absolute Gasteiger partial charge is 0.392 e. The molecule has 6 fully saturated rings. The van der Waals surface area contributed by atoms with Crippen molar-refractivity contribution in [1.29, 1.82) is 0 Å². The fourth-order valence-corrected chi connectivity index (χ4v) is 10.6. The van der Waals surface area contributed by atoms with Crippen LogP contribution < -0.4 is 0 Å². The number of halogens is 1. The van der Waals surface area contributed by atoms with Gasteiger partial charge in [0.15, 0.2) is 0 Å². The summed E-state index contributed by atoms with van der Waals surface area (Å²) < 4.78 is 17.8. The van der Waals surface area contributed by atoms with Crippen LogP contribution in [0.2, 0.25) is 0 Å². The summed E-state index contributed by atoms with van der Waals surface area (Å²) in [6.45, 7) is 2.81. The van der Waals surface area contributed by atoms with Gasteiger partial charge < -0.3 is 34.6 Å². The van der Waals surface area contributed by atoms with E-state index in [1.54, 1.807) is 14.2 Å². The highest BCUT2D eigenvalue weighted by Crippen LogP contribution is 2.79. The Labute approximate surface area is 193 Å². The number of hydrogen-bond acceptors (Lipinski definition) is 8. The number of nitrogens with zero attached hydrogens (tertiary/aromatic N) is 1. The number of rotatable bonds is 4. The Bertz CT molecular complexity index is 819. The molecule has 5 saturated carbocycles. The first-order valence-corrected chi connectivity index (χ1v) is 12.4. The number of β-amino-alcohol motifs (C(OH)–C–C–N with tert-alkyl or cyclic N) is 1. The Kier molecular flexibility index (Phi) is 4.62. The minimum atomic E-state index is -1.72. The van der Waals surface area contributed by atoms with E-state index in [-0.39, 0.29) is 43.4 Å². The molecule has 4 N–H and O–H groups in total. The monoisotopic (exact) mass is 473 g/mol. The van der Waals surface area contributed by atoms with Gasteiger partial charge in [-0.3, -0.25) is 4.90 Å². The molecule has 32 heavy (non-hydrogen) atoms. The highest BCUT2D eigenvalue weighted by molar-refractivity contribution is 6.21. The zero-order valence-electron chi connectivity index (χ0n) is 19.1. The van der Waals surface area contributed by atoms with E-state index >= 15 is 0 Å². The highest BCUT2D eigenvalue weighted by Gasteiger charge is 2.92. The molecule has 9 heteroatoms. The number of alkyl halides is 1. The number of fused-ring (bicyclic) bond motifs is 2. The summed E-state index contributed by atoms with van der Waals surface area (Å²) in [4.78, 5) is 2.04. The maximum absolute atomic E-state index is 12.7. The van der Waals surface area contributed by atoms with E-state index in [0.29, 0.717) is 13.0 Å². The van der Waals surface area contributed by atoms with E-state index in [1.165, 1.54) is 7.11 Å². The molecule has 6 rings (SSSR count). The maximum Gasteiger partial charge on any atom is 0.136 e. The van der Waals surface area contributed by atoms with Crippen molar-refractivity contribution in [3.8, 4) is 0 Å². The van der Waals surface area contributed by atoms with Gasteiger partial charge in [-0.25, -0.2) is 0 Å². The van der Waals surface area contributed by atoms with Crippen LogP contribution in [0.5, 0.6) is 0 Å². The van der Waals surface area contributed by atoms with Crippen LogP contribution in [-0.4, -0.2) is 112 Å². The number of likely N-dealkylation sites (tertiary alicyclic amines) is 1. The van der Waals surface area contributed by atoms with Crippen molar-refractivity contribution in [1.82, 2.24) is 4.90 Å². The van der Waals surface area contributed by atoms with E-state index in [0.717, 1.165) is 0 Å². The lowest BCUT2D eigenvalue weighted by atomic mass is 9.44. The SMILES string of the molecule is CCN1C[C@@]2(O)[C@H]3[C@H](OC)[C@]4(O)[C@@H]1[C@@]3([C@@H]1C[C@H]3[C@H](OC)[C@@H]1[C@]4(O)C[C@@H]3OC)[C@@H](O)C[C@@H]2Cl. The van der Waals surface area contributed by atoms with Crippen LogP contribution >= 0.6 is 11.6 Å². The van der Waals surface area contributed by atoms with Crippen molar-refractivity contribution >= 4 is 11.6 Å². The van der Waals surface area contributed by atoms with Gasteiger partial charge in [0.25, 0.3) is 0 Å². The van der Waals surface area contributed by atoms with Crippen molar-refractivity contribution in [2.75, 3.05) is 34.4 Å². The van der Waals surface area contributed by atoms with Gasteiger partial charge in [0, 0.05) is 57.5 Å². The van der Waals surface area contributed by atoms with Crippen molar-refractivity contribution in [2.45, 2.75) is 78.8 Å². The molecule has 0 aromatic heterocycles. The molecular formula is C23H36ClNO7. The lowest BCUT2D eigenvalue weighted by Gasteiger charge is -2.69. The van der Waals surface area contributed by atoms with E-state index in [2.05, 4.69) is 0 Å². The van der Waals surface area contributed by atoms with E-state index in [4.69, 9.17) is 25.8 Å². The second-order valence-corrected chi connectivity index (χ2v) is 11.8. The smallest absolute Gasteiger partial charge is 0.136 e. The van der Waals surface area contributed by atoms with Crippen molar-refractivity contribution in [3.05, 3.63) is 0 Å². The predicted octanol–water partition coefficient (Wildman–Crippen LogP) is -0.413. The zero-order chi connectivity index (χ0) is 23.0. The first kappa shape index (κ1) is 22.4. The van der Waals surface area contributed by atoms with Crippen LogP contribution in [-0.2, 0) is 14.2 Å². The first-order chi connectivity index (χ1) is 15.1. The fourth-order valence-electron chi connectivity index (χ4n) is 10.2. The molecule has 5 aliphatic carbocycles. The molecule has 0 radical (unpaired) electrons. The molecule has 1 heterocycles. The van der Waals surface area contributed by atoms with Gasteiger partial charge in [0.2, 0.25) is 0 Å². The Morgan fingerprint density at radius 1 is 1.06 bits per heavy atom. The molecule has 7 bridgehead atoms. The molecule has 0 aromatic carbocycles. The number of aliphatic hydroxyl groups is 4. The molecule has 1 spiro atoms. The molecule has 1 aliphatic heterocycles. The fraction of sp³-hybridized carbons (Fsp3) is 1.00. The number of aliphatic hydroxyl groups excluding tert-OH is 1. The summed E-state index contributed by atoms with van der Waals surface area (Å²) in [6.07, 6.45) is -1.11. The molecule has 14 atom stereocenters. The predicted molar refractivity (Wildman–Crippen MR) is 114 cm³/mol. The van der Waals surface area contributed by atoms with Crippen LogP contribution in [0.3, 0.4) is 0 Å². The summed E-state index contributed by atoms with van der Waals surface area (Å²) in [5.41, 5.74) is -5.50. The quantitative estimate of drug-likeness (QED) is 0.408. The number of methoxy groups -OCH3 is 3. The van der Waals surface area contributed by atoms with Crippen LogP contribution in [0.1, 0.15) is 26.2 Å². The molecule has 1 saturated heterocycles. The second kappa shape index (κ2) is 6.59. The van der Waals surface area contributed by atoms with Crippen molar-refractivity contribution < 1.29 is 34.6 Å². The molecule has 0 aromatic rings. The summed E-state index contributed by atoms with van der Waals surface area (Å²) in [7, 11) is 4.81. The Morgan fingerprint density at radius 3 is 2.38 bits per heavy atom. The van der Waals surface area contributed by atoms with Gasteiger partial charge in [0.1, 0.15) is 11.2 Å². The molecular weight excluding hydrogens is 438 g/mol. The van der Waals surface area contributed by atoms with Crippen LogP contribution in [0.25, 0.3) is 0 Å². The van der Waals surface area contributed by atoms with Crippen molar-refractivity contribution in [3.63, 3.8) is 0 Å². The maximum atomic E-state index is 12.7. The number of piperidine rings is 1. The second-order valence-electron chi connectivity index (χ2n) is 11.3. The minimum Gasteiger partial charge on any atom is -0.392 e. The summed E-state index contributed by atoms with van der Waals surface area (Å²) in [5.74, 6) is -1.11. The van der Waals surface area contributed by atoms with Gasteiger partial charge in [-0.15, -0.1) is 11.6 Å². The van der Waals surface area contributed by atoms with E-state index in [1.807, 2.05) is 11.8 Å². The molecule has 8 nitrogen and oxygen atoms in total. The topological polar surface area (TPSA) is 112 Å². The molecule has 0 unspecified atom stereocenters. The third-order valence-corrected chi connectivity index (χ3v) is 11.5. The third kappa shape index (κ3) is 1.97. The Hall–Kier alpha value is -0.0300. The molecule has 0 amide bonds. The van der Waals surface area contributed by atoms with Crippen LogP contribution in [0, 0.1) is 29.1 Å². The Balaban J connectivity index is 1.68. The number of ether oxygens (including phenoxy) is 3. The van der Waals surface area contributed by atoms with Gasteiger partial charge in [-0.1, -0.05) is 6.92 Å². The lowest BCUT2D eigenvalue weighted by Crippen LogP contribution is -2.83. The van der Waals surface area contributed by atoms with Gasteiger partial charge in [-0.05, 0) is 25.3 Å². The van der Waals surface area contributed by atoms with Crippen molar-refractivity contribution in [2.24, 2.45) is 29.1 Å². The molecule has 182 valence electrons. The third-order valence-electron chi connectivity index (χ3n) is 10.9. The highest BCUT2D eigenvalue weighted by atomic mass is 35.5. The normalized spacial score (nSPS) is 64.8. The van der Waals surface area contributed by atoms with E-state index in [9.17, 15) is 20.4 Å². The summed E-state index contributed by atoms with van der Waals surface area (Å²) in [6, 6.07) is -0.562. The lowest BCUT2D eigenvalue weighted by molar-refractivity contribution is -0.320. The zero-order valence-corrected chi connectivity index (χ0v) is 19.9. The number of likely N-dealkylation sites (N-methyl/N-ethyl adjacent to an activating group) is 1.